The number of aromatic nitrogens is 1. The van der Waals surface area contributed by atoms with Crippen LogP contribution in [0.3, 0.4) is 0 Å². The summed E-state index contributed by atoms with van der Waals surface area (Å²) >= 11 is 0. The van der Waals surface area contributed by atoms with Crippen molar-refractivity contribution < 1.29 is 22.7 Å². The number of carbonyl (C=O) groups excluding carboxylic acids is 1. The summed E-state index contributed by atoms with van der Waals surface area (Å²) in [4.78, 5) is 11.7. The molecule has 0 aliphatic rings. The van der Waals surface area contributed by atoms with Crippen molar-refractivity contribution in [3.63, 3.8) is 0 Å². The highest BCUT2D eigenvalue weighted by Gasteiger charge is 2.31. The number of halogens is 3. The maximum atomic E-state index is 13.1. The van der Waals surface area contributed by atoms with Gasteiger partial charge in [-0.2, -0.15) is 13.2 Å². The van der Waals surface area contributed by atoms with Gasteiger partial charge in [-0.1, -0.05) is 25.1 Å². The summed E-state index contributed by atoms with van der Waals surface area (Å²) in [6.07, 6.45) is -4.24. The van der Waals surface area contributed by atoms with Crippen molar-refractivity contribution in [1.82, 2.24) is 4.57 Å². The van der Waals surface area contributed by atoms with Crippen molar-refractivity contribution in [3.8, 4) is 11.3 Å². The molecule has 0 spiro atoms. The summed E-state index contributed by atoms with van der Waals surface area (Å²) in [5.74, 6) is 0. The highest BCUT2D eigenvalue weighted by Crippen LogP contribution is 2.39. The van der Waals surface area contributed by atoms with E-state index in [1.807, 2.05) is 13.8 Å². The second kappa shape index (κ2) is 8.06. The van der Waals surface area contributed by atoms with Gasteiger partial charge in [-0.05, 0) is 37.6 Å². The lowest BCUT2D eigenvalue weighted by Gasteiger charge is -2.11. The van der Waals surface area contributed by atoms with Crippen molar-refractivity contribution in [3.05, 3.63) is 48.0 Å². The number of benzene rings is 2. The Balaban J connectivity index is 1.99. The summed E-state index contributed by atoms with van der Waals surface area (Å²) in [5, 5.41) is 3.19. The highest BCUT2D eigenvalue weighted by atomic mass is 19.4. The van der Waals surface area contributed by atoms with Crippen molar-refractivity contribution in [1.29, 1.82) is 0 Å². The van der Waals surface area contributed by atoms with Crippen molar-refractivity contribution in [2.45, 2.75) is 33.0 Å². The molecule has 5 nitrogen and oxygen atoms in total. The smallest absolute Gasteiger partial charge is 0.416 e. The quantitative estimate of drug-likeness (QED) is 0.556. The Morgan fingerprint density at radius 2 is 1.83 bits per heavy atom. The lowest BCUT2D eigenvalue weighted by Crippen LogP contribution is -2.13. The van der Waals surface area contributed by atoms with Crippen LogP contribution < -0.4 is 11.1 Å². The van der Waals surface area contributed by atoms with Crippen LogP contribution in [-0.2, 0) is 17.5 Å². The molecule has 154 valence electrons. The van der Waals surface area contributed by atoms with E-state index >= 15 is 0 Å². The monoisotopic (exact) mass is 405 g/mol. The zero-order chi connectivity index (χ0) is 21.2. The van der Waals surface area contributed by atoms with Crippen LogP contribution in [0.5, 0.6) is 0 Å². The lowest BCUT2D eigenvalue weighted by molar-refractivity contribution is -0.137. The molecule has 2 aromatic carbocycles. The maximum Gasteiger partial charge on any atom is 0.416 e. The number of amides is 1. The molecule has 0 fully saturated rings. The van der Waals surface area contributed by atoms with Crippen LogP contribution in [0.25, 0.3) is 22.2 Å². The van der Waals surface area contributed by atoms with Gasteiger partial charge >= 0.3 is 12.3 Å². The van der Waals surface area contributed by atoms with Crippen molar-refractivity contribution in [2.24, 2.45) is 0 Å². The van der Waals surface area contributed by atoms with Crippen LogP contribution in [0.2, 0.25) is 0 Å². The number of carbonyl (C=O) groups is 1. The molecule has 3 rings (SSSR count). The van der Waals surface area contributed by atoms with Gasteiger partial charge in [0.2, 0.25) is 0 Å². The van der Waals surface area contributed by atoms with Gasteiger partial charge in [0.05, 0.1) is 29.1 Å². The average Bonchev–Trinajstić information content (AvgIpc) is 2.97. The molecule has 0 unspecified atom stereocenters. The number of nitrogens with one attached hydrogen (secondary N) is 1. The van der Waals surface area contributed by atoms with Gasteiger partial charge in [0, 0.05) is 23.2 Å². The summed E-state index contributed by atoms with van der Waals surface area (Å²) in [6, 6.07) is 10.5. The predicted molar refractivity (Wildman–Crippen MR) is 108 cm³/mol. The van der Waals surface area contributed by atoms with E-state index in [0.29, 0.717) is 41.1 Å². The molecule has 0 aliphatic carbocycles. The maximum absolute atomic E-state index is 13.1. The second-order valence-electron chi connectivity index (χ2n) is 6.57. The summed E-state index contributed by atoms with van der Waals surface area (Å²) < 4.78 is 46.1. The van der Waals surface area contributed by atoms with Crippen LogP contribution in [0, 0.1) is 0 Å². The first-order valence-corrected chi connectivity index (χ1v) is 9.29. The van der Waals surface area contributed by atoms with Gasteiger partial charge in [0.15, 0.2) is 0 Å². The van der Waals surface area contributed by atoms with Crippen molar-refractivity contribution >= 4 is 28.4 Å². The number of rotatable bonds is 5. The van der Waals surface area contributed by atoms with Crippen LogP contribution in [-0.4, -0.2) is 17.3 Å². The minimum absolute atomic E-state index is 0.330. The molecular weight excluding hydrogens is 383 g/mol. The summed E-state index contributed by atoms with van der Waals surface area (Å²) in [6.45, 7) is 4.53. The number of aryl methyl sites for hydroxylation is 1. The van der Waals surface area contributed by atoms with Gasteiger partial charge < -0.3 is 15.0 Å². The van der Waals surface area contributed by atoms with E-state index in [2.05, 4.69) is 5.32 Å². The fourth-order valence-corrected chi connectivity index (χ4v) is 3.25. The molecule has 29 heavy (non-hydrogen) atoms. The number of ether oxygens (including phenoxy) is 1. The first kappa shape index (κ1) is 20.6. The molecule has 1 amide bonds. The Bertz CT molecular complexity index is 1020. The number of anilines is 2. The van der Waals surface area contributed by atoms with E-state index in [9.17, 15) is 18.0 Å². The molecule has 0 bridgehead atoms. The number of nitrogens with two attached hydrogens (primary N) is 1. The number of nitrogens with zero attached hydrogens (tertiary/aromatic N) is 1. The first-order chi connectivity index (χ1) is 13.8. The van der Waals surface area contributed by atoms with Crippen molar-refractivity contribution in [2.75, 3.05) is 17.7 Å². The topological polar surface area (TPSA) is 69.3 Å². The Morgan fingerprint density at radius 3 is 2.41 bits per heavy atom. The average molecular weight is 405 g/mol. The molecule has 1 aromatic heterocycles. The molecule has 0 saturated heterocycles. The van der Waals surface area contributed by atoms with Crippen LogP contribution in [0.4, 0.5) is 29.3 Å². The zero-order valence-corrected chi connectivity index (χ0v) is 16.1. The number of fused-ring (bicyclic) bond motifs is 1. The number of nitrogen functional groups attached to an aromatic ring is 1. The van der Waals surface area contributed by atoms with E-state index in [0.717, 1.165) is 24.1 Å². The van der Waals surface area contributed by atoms with E-state index in [-0.39, 0.29) is 0 Å². The van der Waals surface area contributed by atoms with E-state index in [1.54, 1.807) is 28.8 Å². The summed E-state index contributed by atoms with van der Waals surface area (Å²) in [5.41, 5.74) is 8.35. The van der Waals surface area contributed by atoms with E-state index in [4.69, 9.17) is 10.5 Å². The largest absolute Gasteiger partial charge is 0.449 e. The third-order valence-corrected chi connectivity index (χ3v) is 4.59. The van der Waals surface area contributed by atoms with Gasteiger partial charge in [0.1, 0.15) is 0 Å². The Labute approximate surface area is 166 Å². The molecule has 3 aromatic rings. The number of hydrogen-bond donors (Lipinski definition) is 2. The minimum atomic E-state index is -4.42. The predicted octanol–water partition coefficient (Wildman–Crippen LogP) is 5.89. The van der Waals surface area contributed by atoms with E-state index < -0.39 is 17.8 Å². The molecule has 0 atom stereocenters. The number of alkyl halides is 3. The first-order valence-electron chi connectivity index (χ1n) is 9.29. The fraction of sp³-hybridized carbons (Fsp3) is 0.286. The van der Waals surface area contributed by atoms with Crippen LogP contribution in [0.15, 0.2) is 42.5 Å². The van der Waals surface area contributed by atoms with Crippen LogP contribution >= 0.6 is 0 Å². The second-order valence-corrected chi connectivity index (χ2v) is 6.57. The van der Waals surface area contributed by atoms with Gasteiger partial charge in [-0.15, -0.1) is 0 Å². The SMILES string of the molecule is CCCOC(=O)Nc1ccc(-c2c(N)c3ccc(C(F)(F)F)cc3n2CC)cc1. The van der Waals surface area contributed by atoms with E-state index in [1.165, 1.54) is 6.07 Å². The summed E-state index contributed by atoms with van der Waals surface area (Å²) in [7, 11) is 0. The minimum Gasteiger partial charge on any atom is -0.449 e. The molecule has 0 radical (unpaired) electrons. The lowest BCUT2D eigenvalue weighted by atomic mass is 10.1. The zero-order valence-electron chi connectivity index (χ0n) is 16.1. The molecule has 0 saturated carbocycles. The molecular formula is C21H22F3N3O2. The molecule has 3 N–H and O–H groups in total. The Kier molecular flexibility index (Phi) is 5.72. The Hall–Kier alpha value is -3.16. The molecule has 8 heteroatoms. The molecule has 1 heterocycles. The van der Waals surface area contributed by atoms with Crippen LogP contribution in [0.1, 0.15) is 25.8 Å². The van der Waals surface area contributed by atoms with Gasteiger partial charge in [-0.3, -0.25) is 5.32 Å². The van der Waals surface area contributed by atoms with Gasteiger partial charge in [0.25, 0.3) is 0 Å². The third-order valence-electron chi connectivity index (χ3n) is 4.59. The highest BCUT2D eigenvalue weighted by molar-refractivity contribution is 6.01. The number of hydrogen-bond acceptors (Lipinski definition) is 3. The Morgan fingerprint density at radius 1 is 1.14 bits per heavy atom. The van der Waals surface area contributed by atoms with Gasteiger partial charge in [-0.25, -0.2) is 4.79 Å². The fourth-order valence-electron chi connectivity index (χ4n) is 3.25. The third kappa shape index (κ3) is 4.16. The normalized spacial score (nSPS) is 11.6. The standard InChI is InChI=1S/C21H22F3N3O2/c1-3-11-29-20(28)26-15-8-5-13(6-9-15)19-18(25)16-10-7-14(21(22,23)24)12-17(16)27(19)4-2/h5-10,12H,3-4,11,25H2,1-2H3,(H,26,28). The molecule has 0 aliphatic heterocycles.